The van der Waals surface area contributed by atoms with Gasteiger partial charge in [0.1, 0.15) is 17.7 Å². The van der Waals surface area contributed by atoms with E-state index in [-0.39, 0.29) is 11.9 Å². The number of nitrogens with one attached hydrogen (secondary N) is 2. The number of nitrogens with zero attached hydrogens (tertiary/aromatic N) is 3. The van der Waals surface area contributed by atoms with Gasteiger partial charge in [-0.2, -0.15) is 5.10 Å². The monoisotopic (exact) mass is 349 g/mol. The minimum atomic E-state index is -0.297. The molecule has 2 aromatic rings. The molecule has 0 fully saturated rings. The van der Waals surface area contributed by atoms with Gasteiger partial charge in [0.2, 0.25) is 5.91 Å². The first kappa shape index (κ1) is 14.2. The van der Waals surface area contributed by atoms with Gasteiger partial charge in [-0.3, -0.25) is 4.79 Å². The van der Waals surface area contributed by atoms with E-state index in [0.717, 1.165) is 39.6 Å². The molecule has 1 amide bonds. The summed E-state index contributed by atoms with van der Waals surface area (Å²) in [4.78, 5) is 16.3. The summed E-state index contributed by atoms with van der Waals surface area (Å²) in [6.07, 6.45) is 0. The van der Waals surface area contributed by atoms with Crippen molar-refractivity contribution in [1.82, 2.24) is 20.1 Å². The normalized spacial score (nSPS) is 17.0. The predicted octanol–water partition coefficient (Wildman–Crippen LogP) is 2.25. The summed E-state index contributed by atoms with van der Waals surface area (Å²) in [5.74, 6) is 1.50. The highest BCUT2D eigenvalue weighted by atomic mass is 79.9. The largest absolute Gasteiger partial charge is 0.324 e. The predicted molar refractivity (Wildman–Crippen MR) is 83.6 cm³/mol. The van der Waals surface area contributed by atoms with Crippen molar-refractivity contribution in [2.24, 2.45) is 0 Å². The van der Waals surface area contributed by atoms with E-state index >= 15 is 0 Å². The number of hydrogen-bond donors (Lipinski definition) is 2. The molecule has 21 heavy (non-hydrogen) atoms. The van der Waals surface area contributed by atoms with Gasteiger partial charge in [0.05, 0.1) is 5.69 Å². The number of aromatic nitrogens is 3. The minimum absolute atomic E-state index is 0.0256. The van der Waals surface area contributed by atoms with Crippen molar-refractivity contribution in [3.05, 3.63) is 33.8 Å². The molecule has 3 rings (SSSR count). The molecular weight excluding hydrogens is 334 g/mol. The maximum absolute atomic E-state index is 12.0. The Morgan fingerprint density at radius 1 is 1.43 bits per heavy atom. The summed E-state index contributed by atoms with van der Waals surface area (Å²) in [6, 6.07) is 3.59. The number of fused-ring (bicyclic) bond motifs is 1. The van der Waals surface area contributed by atoms with E-state index in [1.54, 1.807) is 4.68 Å². The van der Waals surface area contributed by atoms with Crippen LogP contribution in [0.2, 0.25) is 0 Å². The van der Waals surface area contributed by atoms with Crippen molar-refractivity contribution in [3.8, 4) is 5.69 Å². The van der Waals surface area contributed by atoms with Crippen molar-refractivity contribution in [2.75, 3.05) is 11.9 Å². The Morgan fingerprint density at radius 2 is 2.19 bits per heavy atom. The third kappa shape index (κ3) is 2.36. The van der Waals surface area contributed by atoms with E-state index in [0.29, 0.717) is 0 Å². The van der Waals surface area contributed by atoms with Crippen molar-refractivity contribution in [2.45, 2.75) is 26.8 Å². The van der Waals surface area contributed by atoms with Crippen LogP contribution >= 0.6 is 15.9 Å². The van der Waals surface area contributed by atoms with Crippen LogP contribution in [0.15, 0.2) is 16.6 Å². The number of rotatable bonds is 3. The quantitative estimate of drug-likeness (QED) is 0.891. The van der Waals surface area contributed by atoms with Crippen LogP contribution < -0.4 is 10.6 Å². The topological polar surface area (TPSA) is 71.8 Å². The fourth-order valence-corrected chi connectivity index (χ4v) is 3.12. The Labute approximate surface area is 131 Å². The number of carbonyl (C=O) groups is 1. The highest BCUT2D eigenvalue weighted by Gasteiger charge is 2.31. The Balaban J connectivity index is 2.10. The zero-order valence-electron chi connectivity index (χ0n) is 12.1. The fourth-order valence-electron chi connectivity index (χ4n) is 2.59. The van der Waals surface area contributed by atoms with Gasteiger partial charge in [-0.25, -0.2) is 9.67 Å². The lowest BCUT2D eigenvalue weighted by Gasteiger charge is -2.12. The number of anilines is 1. The molecule has 1 aliphatic rings. The molecule has 0 bridgehead atoms. The summed E-state index contributed by atoms with van der Waals surface area (Å²) in [7, 11) is 0. The van der Waals surface area contributed by atoms with Crippen molar-refractivity contribution in [3.63, 3.8) is 0 Å². The Bertz CT molecular complexity index is 724. The molecule has 6 nitrogen and oxygen atoms in total. The van der Waals surface area contributed by atoms with Crippen LogP contribution in [0.3, 0.4) is 0 Å². The van der Waals surface area contributed by atoms with Crippen LogP contribution in [0.5, 0.6) is 0 Å². The molecule has 0 radical (unpaired) electrons. The number of carbonyl (C=O) groups excluding carboxylic acids is 1. The van der Waals surface area contributed by atoms with Crippen LogP contribution in [0, 0.1) is 13.8 Å². The minimum Gasteiger partial charge on any atom is -0.324 e. The molecule has 1 aromatic heterocycles. The average molecular weight is 350 g/mol. The molecule has 7 heteroatoms. The highest BCUT2D eigenvalue weighted by molar-refractivity contribution is 9.10. The van der Waals surface area contributed by atoms with Crippen LogP contribution in [-0.4, -0.2) is 27.2 Å². The number of benzene rings is 1. The van der Waals surface area contributed by atoms with E-state index < -0.39 is 0 Å². The second kappa shape index (κ2) is 5.23. The molecule has 0 spiro atoms. The van der Waals surface area contributed by atoms with Crippen molar-refractivity contribution in [1.29, 1.82) is 0 Å². The van der Waals surface area contributed by atoms with E-state index in [4.69, 9.17) is 0 Å². The highest BCUT2D eigenvalue weighted by Crippen LogP contribution is 2.36. The smallest absolute Gasteiger partial charge is 0.246 e. The molecule has 1 aromatic carbocycles. The maximum atomic E-state index is 12.0. The lowest BCUT2D eigenvalue weighted by molar-refractivity contribution is -0.117. The van der Waals surface area contributed by atoms with Crippen LogP contribution in [-0.2, 0) is 4.79 Å². The van der Waals surface area contributed by atoms with Crippen molar-refractivity contribution >= 4 is 27.5 Å². The van der Waals surface area contributed by atoms with E-state index in [9.17, 15) is 4.79 Å². The molecule has 0 saturated heterocycles. The lowest BCUT2D eigenvalue weighted by atomic mass is 10.1. The van der Waals surface area contributed by atoms with E-state index in [2.05, 4.69) is 36.6 Å². The van der Waals surface area contributed by atoms with Crippen LogP contribution in [0.4, 0.5) is 5.69 Å². The number of hydrogen-bond acceptors (Lipinski definition) is 4. The fraction of sp³-hybridized carbons (Fsp3) is 0.357. The molecule has 110 valence electrons. The van der Waals surface area contributed by atoms with Gasteiger partial charge in [-0.05, 0) is 48.5 Å². The van der Waals surface area contributed by atoms with Gasteiger partial charge in [-0.15, -0.1) is 0 Å². The lowest BCUT2D eigenvalue weighted by Crippen LogP contribution is -2.27. The summed E-state index contributed by atoms with van der Waals surface area (Å²) in [6.45, 7) is 6.47. The number of likely N-dealkylation sites (N-methyl/N-ethyl adjacent to an activating group) is 1. The molecule has 2 N–H and O–H groups in total. The van der Waals surface area contributed by atoms with Gasteiger partial charge in [0, 0.05) is 15.7 Å². The van der Waals surface area contributed by atoms with Gasteiger partial charge in [0.25, 0.3) is 0 Å². The first-order valence-corrected chi connectivity index (χ1v) is 7.59. The number of amides is 1. The second-order valence-corrected chi connectivity index (χ2v) is 5.84. The zero-order chi connectivity index (χ0) is 15.1. The number of halogens is 1. The van der Waals surface area contributed by atoms with Gasteiger partial charge < -0.3 is 10.6 Å². The van der Waals surface area contributed by atoms with E-state index in [1.807, 2.05) is 32.9 Å². The zero-order valence-corrected chi connectivity index (χ0v) is 13.7. The van der Waals surface area contributed by atoms with E-state index in [1.165, 1.54) is 0 Å². The standard InChI is InChI=1S/C14H16BrN5O/c1-4-16-13-9-5-10(15)12(6-11(9)18-14(13)21)20-8(3)17-7(2)19-20/h5-6,13,16H,4H2,1-3H3,(H,18,21). The SMILES string of the molecule is CCNC1C(=O)Nc2cc(-n3nc(C)nc3C)c(Br)cc21. The average Bonchev–Trinajstić information content (AvgIpc) is 2.90. The molecule has 1 unspecified atom stereocenters. The third-order valence-corrected chi connectivity index (χ3v) is 4.10. The molecule has 0 aliphatic carbocycles. The first-order valence-electron chi connectivity index (χ1n) is 6.79. The molecule has 2 heterocycles. The van der Waals surface area contributed by atoms with Gasteiger partial charge in [-0.1, -0.05) is 6.92 Å². The first-order chi connectivity index (χ1) is 10.0. The van der Waals surface area contributed by atoms with Crippen LogP contribution in [0.25, 0.3) is 5.69 Å². The van der Waals surface area contributed by atoms with Gasteiger partial charge in [0.15, 0.2) is 0 Å². The van der Waals surface area contributed by atoms with Crippen LogP contribution in [0.1, 0.15) is 30.2 Å². The second-order valence-electron chi connectivity index (χ2n) is 4.99. The maximum Gasteiger partial charge on any atom is 0.246 e. The Morgan fingerprint density at radius 3 is 2.81 bits per heavy atom. The summed E-state index contributed by atoms with van der Waals surface area (Å²) in [5, 5.41) is 10.5. The summed E-state index contributed by atoms with van der Waals surface area (Å²) >= 11 is 3.57. The Kier molecular flexibility index (Phi) is 3.54. The molecule has 1 aliphatic heterocycles. The molecule has 1 atom stereocenters. The van der Waals surface area contributed by atoms with Crippen molar-refractivity contribution < 1.29 is 4.79 Å². The molecule has 0 saturated carbocycles. The molecular formula is C14H16BrN5O. The number of aryl methyl sites for hydroxylation is 2. The third-order valence-electron chi connectivity index (χ3n) is 3.46. The Hall–Kier alpha value is -1.73. The summed E-state index contributed by atoms with van der Waals surface area (Å²) < 4.78 is 2.65. The summed E-state index contributed by atoms with van der Waals surface area (Å²) in [5.41, 5.74) is 2.63. The van der Waals surface area contributed by atoms with Gasteiger partial charge >= 0.3 is 0 Å².